The zero-order chi connectivity index (χ0) is 16.2. The van der Waals surface area contributed by atoms with Gasteiger partial charge in [-0.1, -0.05) is 0 Å². The molecule has 1 aromatic rings. The molecule has 0 heterocycles. The molecule has 0 saturated heterocycles. The summed E-state index contributed by atoms with van der Waals surface area (Å²) in [7, 11) is -4.55. The summed E-state index contributed by atoms with van der Waals surface area (Å²) in [5.74, 6) is -0.573. The maximum atomic E-state index is 13.0. The van der Waals surface area contributed by atoms with Crippen LogP contribution in [0.15, 0.2) is 23.1 Å². The highest BCUT2D eigenvalue weighted by molar-refractivity contribution is 7.89. The number of terminal acetylenes is 1. The van der Waals surface area contributed by atoms with E-state index >= 15 is 0 Å². The molecule has 1 atom stereocenters. The fourth-order valence-electron chi connectivity index (χ4n) is 1.41. The number of nitrogens with one attached hydrogen (secondary N) is 1. The van der Waals surface area contributed by atoms with Gasteiger partial charge in [-0.15, -0.1) is 12.3 Å². The van der Waals surface area contributed by atoms with Gasteiger partial charge in [-0.25, -0.2) is 12.8 Å². The number of sulfonamides is 1. The second-order valence-corrected chi connectivity index (χ2v) is 5.47. The van der Waals surface area contributed by atoms with Crippen molar-refractivity contribution in [2.75, 3.05) is 0 Å². The molecule has 8 nitrogen and oxygen atoms in total. The molecule has 2 N–H and O–H groups in total. The van der Waals surface area contributed by atoms with Gasteiger partial charge in [0.2, 0.25) is 10.0 Å². The first-order chi connectivity index (χ1) is 9.69. The summed E-state index contributed by atoms with van der Waals surface area (Å²) < 4.78 is 38.7. The maximum absolute atomic E-state index is 13.0. The minimum absolute atomic E-state index is 0.422. The van der Waals surface area contributed by atoms with E-state index < -0.39 is 49.8 Å². The van der Waals surface area contributed by atoms with Crippen LogP contribution in [0.2, 0.25) is 0 Å². The summed E-state index contributed by atoms with van der Waals surface area (Å²) in [6, 6.07) is 0.152. The van der Waals surface area contributed by atoms with Gasteiger partial charge in [-0.2, -0.15) is 4.72 Å². The lowest BCUT2D eigenvalue weighted by Crippen LogP contribution is -2.40. The molecular formula is C11H9FN2O6S. The number of nitrogens with zero attached hydrogens (tertiary/aromatic N) is 1. The topological polar surface area (TPSA) is 127 Å². The molecule has 0 aliphatic carbocycles. The van der Waals surface area contributed by atoms with Gasteiger partial charge in [0.1, 0.15) is 11.9 Å². The van der Waals surface area contributed by atoms with Crippen molar-refractivity contribution in [3.63, 3.8) is 0 Å². The predicted octanol–water partition coefficient (Wildman–Crippen LogP) is 0.489. The number of hydrogen-bond donors (Lipinski definition) is 2. The SMILES string of the molecule is C#CCC(NS(=O)(=O)c1ccc(F)cc1[N+](=O)[O-])C(=O)O. The molecule has 112 valence electrons. The molecule has 0 radical (unpaired) electrons. The van der Waals surface area contributed by atoms with Crippen LogP contribution in [0.25, 0.3) is 0 Å². The molecule has 0 bridgehead atoms. The molecule has 1 unspecified atom stereocenters. The summed E-state index contributed by atoms with van der Waals surface area (Å²) in [5, 5.41) is 19.6. The Kier molecular flexibility index (Phi) is 4.96. The summed E-state index contributed by atoms with van der Waals surface area (Å²) >= 11 is 0. The Morgan fingerprint density at radius 1 is 1.57 bits per heavy atom. The molecule has 21 heavy (non-hydrogen) atoms. The van der Waals surface area contributed by atoms with Crippen LogP contribution >= 0.6 is 0 Å². The number of aliphatic carboxylic acids is 1. The summed E-state index contributed by atoms with van der Waals surface area (Å²) in [4.78, 5) is 19.7. The Morgan fingerprint density at radius 2 is 2.19 bits per heavy atom. The monoisotopic (exact) mass is 316 g/mol. The van der Waals surface area contributed by atoms with Crippen LogP contribution < -0.4 is 4.72 Å². The Bertz CT molecular complexity index is 725. The summed E-state index contributed by atoms with van der Waals surface area (Å²) in [6.45, 7) is 0. The lowest BCUT2D eigenvalue weighted by Gasteiger charge is -2.12. The normalized spacial score (nSPS) is 12.4. The molecule has 0 saturated carbocycles. The number of benzene rings is 1. The second-order valence-electron chi connectivity index (χ2n) is 3.79. The first-order valence-electron chi connectivity index (χ1n) is 5.31. The van der Waals surface area contributed by atoms with E-state index in [9.17, 15) is 27.7 Å². The number of hydrogen-bond acceptors (Lipinski definition) is 5. The fourth-order valence-corrected chi connectivity index (χ4v) is 2.75. The minimum atomic E-state index is -4.55. The highest BCUT2D eigenvalue weighted by Gasteiger charge is 2.30. The molecule has 1 rings (SSSR count). The Morgan fingerprint density at radius 3 is 2.67 bits per heavy atom. The smallest absolute Gasteiger partial charge is 0.322 e. The zero-order valence-electron chi connectivity index (χ0n) is 10.3. The van der Waals surface area contributed by atoms with Gasteiger partial charge in [-0.05, 0) is 12.1 Å². The standard InChI is InChI=1S/C11H9FN2O6S/c1-2-3-8(11(15)16)13-21(19,20)10-5-4-7(12)6-9(10)14(17)18/h1,4-6,8,13H,3H2,(H,15,16). The first kappa shape index (κ1) is 16.5. The van der Waals surface area contributed by atoms with Crippen LogP contribution in [-0.2, 0) is 14.8 Å². The van der Waals surface area contributed by atoms with Gasteiger partial charge < -0.3 is 5.11 Å². The van der Waals surface area contributed by atoms with Crippen LogP contribution in [0.4, 0.5) is 10.1 Å². The third-order valence-corrected chi connectivity index (χ3v) is 3.84. The molecule has 10 heteroatoms. The number of halogens is 1. The van der Waals surface area contributed by atoms with E-state index in [1.807, 2.05) is 5.92 Å². The van der Waals surface area contributed by atoms with Gasteiger partial charge in [0, 0.05) is 6.42 Å². The van der Waals surface area contributed by atoms with E-state index in [2.05, 4.69) is 0 Å². The van der Waals surface area contributed by atoms with E-state index in [1.165, 1.54) is 0 Å². The third kappa shape index (κ3) is 3.98. The summed E-state index contributed by atoms with van der Waals surface area (Å²) in [5.41, 5.74) is -1.01. The van der Waals surface area contributed by atoms with Crippen molar-refractivity contribution < 1.29 is 27.6 Å². The van der Waals surface area contributed by atoms with Crippen LogP contribution in [0.1, 0.15) is 6.42 Å². The van der Waals surface area contributed by atoms with Gasteiger partial charge in [0.25, 0.3) is 5.69 Å². The van der Waals surface area contributed by atoms with E-state index in [1.54, 1.807) is 4.72 Å². The molecule has 0 aromatic heterocycles. The number of rotatable bonds is 6. The summed E-state index contributed by atoms with van der Waals surface area (Å²) in [6.07, 6.45) is 4.46. The number of nitro benzene ring substituents is 1. The highest BCUT2D eigenvalue weighted by atomic mass is 32.2. The van der Waals surface area contributed by atoms with Crippen molar-refractivity contribution >= 4 is 21.7 Å². The first-order valence-corrected chi connectivity index (χ1v) is 6.80. The Labute approximate surface area is 118 Å². The maximum Gasteiger partial charge on any atom is 0.322 e. The van der Waals surface area contributed by atoms with Crippen LogP contribution in [0.5, 0.6) is 0 Å². The lowest BCUT2D eigenvalue weighted by atomic mass is 10.2. The van der Waals surface area contributed by atoms with E-state index in [0.29, 0.717) is 18.2 Å². The number of nitro groups is 1. The number of carboxylic acids is 1. The van der Waals surface area contributed by atoms with Crippen molar-refractivity contribution in [1.29, 1.82) is 0 Å². The minimum Gasteiger partial charge on any atom is -0.480 e. The van der Waals surface area contributed by atoms with Gasteiger partial charge in [-0.3, -0.25) is 14.9 Å². The van der Waals surface area contributed by atoms with Crippen LogP contribution in [-0.4, -0.2) is 30.5 Å². The Hall–Kier alpha value is -2.51. The molecule has 0 aliphatic rings. The molecule has 0 aliphatic heterocycles. The second kappa shape index (κ2) is 6.29. The fraction of sp³-hybridized carbons (Fsp3) is 0.182. The van der Waals surface area contributed by atoms with Crippen molar-refractivity contribution in [3.05, 3.63) is 34.1 Å². The zero-order valence-corrected chi connectivity index (χ0v) is 11.1. The van der Waals surface area contributed by atoms with Crippen LogP contribution in [0.3, 0.4) is 0 Å². The number of carbonyl (C=O) groups is 1. The average Bonchev–Trinajstić information content (AvgIpc) is 2.37. The predicted molar refractivity (Wildman–Crippen MR) is 68.2 cm³/mol. The van der Waals surface area contributed by atoms with Crippen molar-refractivity contribution in [2.45, 2.75) is 17.4 Å². The van der Waals surface area contributed by atoms with Crippen molar-refractivity contribution in [3.8, 4) is 12.3 Å². The number of carboxylic acid groups (broad SMARTS) is 1. The van der Waals surface area contributed by atoms with Gasteiger partial charge in [0.15, 0.2) is 4.90 Å². The molecule has 0 spiro atoms. The van der Waals surface area contributed by atoms with E-state index in [0.717, 1.165) is 0 Å². The highest BCUT2D eigenvalue weighted by Crippen LogP contribution is 2.24. The Balaban J connectivity index is 3.29. The lowest BCUT2D eigenvalue weighted by molar-refractivity contribution is -0.388. The van der Waals surface area contributed by atoms with Crippen molar-refractivity contribution in [1.82, 2.24) is 4.72 Å². The quantitative estimate of drug-likeness (QED) is 0.447. The molecule has 0 amide bonds. The van der Waals surface area contributed by atoms with Gasteiger partial charge in [0.05, 0.1) is 11.0 Å². The van der Waals surface area contributed by atoms with Crippen LogP contribution in [0, 0.1) is 28.3 Å². The molecular weight excluding hydrogens is 307 g/mol. The van der Waals surface area contributed by atoms with E-state index in [-0.39, 0.29) is 0 Å². The molecule has 0 fully saturated rings. The average molecular weight is 316 g/mol. The molecule has 1 aromatic carbocycles. The largest absolute Gasteiger partial charge is 0.480 e. The van der Waals surface area contributed by atoms with E-state index in [4.69, 9.17) is 11.5 Å². The van der Waals surface area contributed by atoms with Gasteiger partial charge >= 0.3 is 5.97 Å². The van der Waals surface area contributed by atoms with Crippen molar-refractivity contribution in [2.24, 2.45) is 0 Å². The third-order valence-electron chi connectivity index (χ3n) is 2.32.